The molecule has 0 saturated heterocycles. The third kappa shape index (κ3) is 3.41. The molecular weight excluding hydrogens is 344 g/mol. The lowest BCUT2D eigenvalue weighted by Gasteiger charge is -2.12. The Hall–Kier alpha value is -2.86. The zero-order valence-corrected chi connectivity index (χ0v) is 15.2. The van der Waals surface area contributed by atoms with E-state index in [2.05, 4.69) is 21.6 Å². The standard InChI is InChI=1S/C20H18N4OS/c1-24-12-15(16-9-5-6-10-18(16)24)11-19(25)21-20-23-22-17(13-26-20)14-7-3-2-4-8-14/h2-10,12H,11,13H2,1H3,(H,21,23,25). The molecule has 2 heterocycles. The Balaban J connectivity index is 1.45. The summed E-state index contributed by atoms with van der Waals surface area (Å²) in [5.74, 6) is 0.614. The highest BCUT2D eigenvalue weighted by molar-refractivity contribution is 8.14. The van der Waals surface area contributed by atoms with Gasteiger partial charge < -0.3 is 9.88 Å². The van der Waals surface area contributed by atoms with Gasteiger partial charge in [-0.15, -0.1) is 5.10 Å². The van der Waals surface area contributed by atoms with E-state index >= 15 is 0 Å². The zero-order valence-electron chi connectivity index (χ0n) is 14.3. The Morgan fingerprint density at radius 3 is 2.65 bits per heavy atom. The van der Waals surface area contributed by atoms with Crippen molar-refractivity contribution in [3.8, 4) is 0 Å². The van der Waals surface area contributed by atoms with Gasteiger partial charge in [0.1, 0.15) is 0 Å². The van der Waals surface area contributed by atoms with Crippen molar-refractivity contribution in [3.63, 3.8) is 0 Å². The van der Waals surface area contributed by atoms with Crippen LogP contribution >= 0.6 is 11.8 Å². The molecular formula is C20H18N4OS. The number of nitrogens with one attached hydrogen (secondary N) is 1. The van der Waals surface area contributed by atoms with Crippen molar-refractivity contribution in [2.45, 2.75) is 6.42 Å². The smallest absolute Gasteiger partial charge is 0.230 e. The van der Waals surface area contributed by atoms with Crippen LogP contribution in [0, 0.1) is 0 Å². The maximum atomic E-state index is 12.4. The first-order chi connectivity index (χ1) is 12.7. The van der Waals surface area contributed by atoms with Gasteiger partial charge in [0, 0.05) is 29.9 Å². The van der Waals surface area contributed by atoms with E-state index in [-0.39, 0.29) is 5.91 Å². The van der Waals surface area contributed by atoms with E-state index in [0.717, 1.165) is 27.7 Å². The molecule has 1 N–H and O–H groups in total. The minimum Gasteiger partial charge on any atom is -0.350 e. The monoisotopic (exact) mass is 362 g/mol. The van der Waals surface area contributed by atoms with Crippen LogP contribution in [0.15, 0.2) is 71.0 Å². The van der Waals surface area contributed by atoms with Gasteiger partial charge in [-0.2, -0.15) is 5.10 Å². The number of rotatable bonds is 3. The molecule has 0 unspecified atom stereocenters. The maximum Gasteiger partial charge on any atom is 0.230 e. The van der Waals surface area contributed by atoms with Crippen LogP contribution in [0.3, 0.4) is 0 Å². The summed E-state index contributed by atoms with van der Waals surface area (Å²) in [6, 6.07) is 18.0. The molecule has 1 aliphatic rings. The summed E-state index contributed by atoms with van der Waals surface area (Å²) in [6.07, 6.45) is 2.32. The minimum atomic E-state index is -0.0778. The van der Waals surface area contributed by atoms with E-state index in [0.29, 0.717) is 17.3 Å². The van der Waals surface area contributed by atoms with E-state index < -0.39 is 0 Å². The molecule has 1 amide bonds. The van der Waals surface area contributed by atoms with Crippen molar-refractivity contribution in [3.05, 3.63) is 71.9 Å². The Labute approximate surface area is 155 Å². The first kappa shape index (κ1) is 16.6. The summed E-state index contributed by atoms with van der Waals surface area (Å²) >= 11 is 1.50. The van der Waals surface area contributed by atoms with Crippen molar-refractivity contribution in [1.82, 2.24) is 9.88 Å². The topological polar surface area (TPSA) is 58.8 Å². The zero-order chi connectivity index (χ0) is 17.9. The molecule has 0 aliphatic carbocycles. The van der Waals surface area contributed by atoms with Crippen molar-refractivity contribution >= 4 is 39.5 Å². The molecule has 0 fully saturated rings. The fourth-order valence-electron chi connectivity index (χ4n) is 3.04. The van der Waals surface area contributed by atoms with Crippen LogP contribution in [0.2, 0.25) is 0 Å². The highest BCUT2D eigenvalue weighted by Gasteiger charge is 2.16. The normalized spacial score (nSPS) is 14.0. The van der Waals surface area contributed by atoms with Gasteiger partial charge in [0.25, 0.3) is 0 Å². The molecule has 0 atom stereocenters. The van der Waals surface area contributed by atoms with Gasteiger partial charge in [-0.05, 0) is 17.2 Å². The number of amidine groups is 1. The van der Waals surface area contributed by atoms with Gasteiger partial charge in [-0.25, -0.2) is 0 Å². The second-order valence-corrected chi connectivity index (χ2v) is 7.08. The molecule has 0 bridgehead atoms. The van der Waals surface area contributed by atoms with Crippen molar-refractivity contribution in [2.24, 2.45) is 17.3 Å². The molecule has 0 spiro atoms. The quantitative estimate of drug-likeness (QED) is 0.777. The number of nitrogens with zero attached hydrogens (tertiary/aromatic N) is 3. The fraction of sp³-hybridized carbons (Fsp3) is 0.150. The highest BCUT2D eigenvalue weighted by atomic mass is 32.2. The molecule has 26 heavy (non-hydrogen) atoms. The number of carbonyl (C=O) groups excluding carboxylic acids is 1. The number of hydrogen-bond acceptors (Lipinski definition) is 4. The third-order valence-electron chi connectivity index (χ3n) is 4.29. The Bertz CT molecular complexity index is 1020. The number of aryl methyl sites for hydroxylation is 1. The molecule has 0 saturated carbocycles. The molecule has 4 rings (SSSR count). The summed E-state index contributed by atoms with van der Waals surface area (Å²) in [5, 5.41) is 13.0. The van der Waals surface area contributed by atoms with Crippen LogP contribution in [0.5, 0.6) is 0 Å². The van der Waals surface area contributed by atoms with E-state index in [9.17, 15) is 4.79 Å². The lowest BCUT2D eigenvalue weighted by Crippen LogP contribution is -2.31. The summed E-state index contributed by atoms with van der Waals surface area (Å²) in [7, 11) is 1.99. The van der Waals surface area contributed by atoms with Crippen LogP contribution in [0.1, 0.15) is 11.1 Å². The van der Waals surface area contributed by atoms with E-state index in [1.807, 2.05) is 66.3 Å². The summed E-state index contributed by atoms with van der Waals surface area (Å²) in [6.45, 7) is 0. The molecule has 130 valence electrons. The number of aromatic nitrogens is 1. The second kappa shape index (κ2) is 7.17. The Morgan fingerprint density at radius 1 is 1.12 bits per heavy atom. The minimum absolute atomic E-state index is 0.0778. The Kier molecular flexibility index (Phi) is 4.58. The predicted molar refractivity (Wildman–Crippen MR) is 108 cm³/mol. The number of carbonyl (C=O) groups is 1. The highest BCUT2D eigenvalue weighted by Crippen LogP contribution is 2.21. The number of thioether (sulfide) groups is 1. The van der Waals surface area contributed by atoms with Crippen LogP contribution in [0.25, 0.3) is 10.9 Å². The van der Waals surface area contributed by atoms with Gasteiger partial charge in [-0.3, -0.25) is 4.79 Å². The summed E-state index contributed by atoms with van der Waals surface area (Å²) in [4.78, 5) is 12.4. The Morgan fingerprint density at radius 2 is 1.88 bits per heavy atom. The van der Waals surface area contributed by atoms with Gasteiger partial charge in [-0.1, -0.05) is 60.3 Å². The summed E-state index contributed by atoms with van der Waals surface area (Å²) in [5.41, 5.74) is 4.11. The van der Waals surface area contributed by atoms with Crippen LogP contribution in [-0.4, -0.2) is 27.1 Å². The largest absolute Gasteiger partial charge is 0.350 e. The van der Waals surface area contributed by atoms with E-state index in [1.54, 1.807) is 0 Å². The third-order valence-corrected chi connectivity index (χ3v) is 5.17. The molecule has 6 heteroatoms. The summed E-state index contributed by atoms with van der Waals surface area (Å²) < 4.78 is 2.04. The number of amides is 1. The predicted octanol–water partition coefficient (Wildman–Crippen LogP) is 3.34. The van der Waals surface area contributed by atoms with Gasteiger partial charge in [0.05, 0.1) is 12.1 Å². The average molecular weight is 362 g/mol. The fourth-order valence-corrected chi connectivity index (χ4v) is 3.82. The molecule has 0 radical (unpaired) electrons. The first-order valence-electron chi connectivity index (χ1n) is 8.36. The van der Waals surface area contributed by atoms with Crippen LogP contribution in [0.4, 0.5) is 0 Å². The van der Waals surface area contributed by atoms with Gasteiger partial charge in [0.15, 0.2) is 5.17 Å². The van der Waals surface area contributed by atoms with E-state index in [4.69, 9.17) is 0 Å². The first-order valence-corrected chi connectivity index (χ1v) is 9.35. The number of fused-ring (bicyclic) bond motifs is 1. The number of benzene rings is 2. The molecule has 5 nitrogen and oxygen atoms in total. The van der Waals surface area contributed by atoms with Crippen molar-refractivity contribution < 1.29 is 4.79 Å². The maximum absolute atomic E-state index is 12.4. The van der Waals surface area contributed by atoms with Gasteiger partial charge >= 0.3 is 0 Å². The molecule has 2 aromatic carbocycles. The molecule has 3 aromatic rings. The molecule has 1 aliphatic heterocycles. The van der Waals surface area contributed by atoms with Crippen LogP contribution < -0.4 is 5.32 Å². The van der Waals surface area contributed by atoms with Gasteiger partial charge in [0.2, 0.25) is 5.91 Å². The second-order valence-electron chi connectivity index (χ2n) is 6.11. The van der Waals surface area contributed by atoms with Crippen LogP contribution in [-0.2, 0) is 18.3 Å². The SMILES string of the molecule is Cn1cc(CC(=O)NC2=NN=C(c3ccccc3)CS2)c2ccccc21. The lowest BCUT2D eigenvalue weighted by atomic mass is 10.1. The molecule has 1 aromatic heterocycles. The van der Waals surface area contributed by atoms with Crippen molar-refractivity contribution in [1.29, 1.82) is 0 Å². The number of para-hydroxylation sites is 1. The van der Waals surface area contributed by atoms with E-state index in [1.165, 1.54) is 11.8 Å². The van der Waals surface area contributed by atoms with Crippen molar-refractivity contribution in [2.75, 3.05) is 5.75 Å². The lowest BCUT2D eigenvalue weighted by molar-refractivity contribution is -0.118. The average Bonchev–Trinajstić information content (AvgIpc) is 2.99. The number of hydrogen-bond donors (Lipinski definition) is 1.